The molecule has 2 heterocycles. The van der Waals surface area contributed by atoms with E-state index in [1.807, 2.05) is 12.2 Å². The Labute approximate surface area is 122 Å². The fourth-order valence-corrected chi connectivity index (χ4v) is 3.44. The van der Waals surface area contributed by atoms with E-state index in [4.69, 9.17) is 5.73 Å². The molecule has 0 saturated carbocycles. The zero-order valence-electron chi connectivity index (χ0n) is 11.9. The summed E-state index contributed by atoms with van der Waals surface area (Å²) < 4.78 is 0.759. The number of β-lactam (4-membered cyclic amide) rings is 1. The van der Waals surface area contributed by atoms with Crippen LogP contribution in [0.2, 0.25) is 0 Å². The topological polar surface area (TPSA) is 83.6 Å². The van der Waals surface area contributed by atoms with Gasteiger partial charge in [0.25, 0.3) is 0 Å². The lowest BCUT2D eigenvalue weighted by atomic mass is 10.0. The van der Waals surface area contributed by atoms with E-state index in [0.29, 0.717) is 11.3 Å². The molecule has 0 bridgehead atoms. The Kier molecular flexibility index (Phi) is 3.95. The molecule has 3 N–H and O–H groups in total. The Morgan fingerprint density at radius 3 is 2.75 bits per heavy atom. The Bertz CT molecular complexity index is 507. The van der Waals surface area contributed by atoms with Crippen LogP contribution in [0.3, 0.4) is 0 Å². The summed E-state index contributed by atoms with van der Waals surface area (Å²) in [6.07, 6.45) is 3.76. The number of aliphatic carboxylic acids is 1. The summed E-state index contributed by atoms with van der Waals surface area (Å²) in [4.78, 5) is 24.5. The number of quaternary nitrogens is 1. The second-order valence-electron chi connectivity index (χ2n) is 5.99. The van der Waals surface area contributed by atoms with Crippen LogP contribution in [-0.2, 0) is 9.59 Å². The third kappa shape index (κ3) is 2.74. The first-order valence-electron chi connectivity index (χ1n) is 6.36. The highest BCUT2D eigenvalue weighted by Crippen LogP contribution is 2.39. The van der Waals surface area contributed by atoms with Crippen molar-refractivity contribution in [3.63, 3.8) is 0 Å². The predicted octanol–water partition coefficient (Wildman–Crippen LogP) is -0.170. The van der Waals surface area contributed by atoms with Crippen LogP contribution in [0.5, 0.6) is 0 Å². The molecule has 6 nitrogen and oxygen atoms in total. The maximum atomic E-state index is 11.8. The molecule has 0 spiro atoms. The van der Waals surface area contributed by atoms with Gasteiger partial charge in [0.2, 0.25) is 5.91 Å². The van der Waals surface area contributed by atoms with Crippen molar-refractivity contribution in [2.45, 2.75) is 11.4 Å². The first-order chi connectivity index (χ1) is 9.22. The lowest BCUT2D eigenvalue weighted by Crippen LogP contribution is -2.68. The third-order valence-corrected chi connectivity index (χ3v) is 4.54. The summed E-state index contributed by atoms with van der Waals surface area (Å²) in [5.74, 6) is -0.810. The van der Waals surface area contributed by atoms with E-state index < -0.39 is 12.0 Å². The van der Waals surface area contributed by atoms with E-state index in [2.05, 4.69) is 21.1 Å². The SMILES string of the molecule is C[N+](C)(C)C/C=C/C1=C(C(=O)O)N2C(=O)[C@@H](N)[C@H]2SC1. The molecule has 1 fully saturated rings. The second kappa shape index (κ2) is 5.23. The maximum Gasteiger partial charge on any atom is 0.352 e. The molecule has 0 aromatic heterocycles. The molecule has 1 amide bonds. The van der Waals surface area contributed by atoms with Crippen molar-refractivity contribution in [3.05, 3.63) is 23.4 Å². The van der Waals surface area contributed by atoms with Gasteiger partial charge in [0.1, 0.15) is 17.1 Å². The number of carboxylic acid groups (broad SMARTS) is 1. The van der Waals surface area contributed by atoms with E-state index in [-0.39, 0.29) is 17.0 Å². The van der Waals surface area contributed by atoms with Crippen molar-refractivity contribution < 1.29 is 19.2 Å². The number of thioether (sulfide) groups is 1. The first-order valence-corrected chi connectivity index (χ1v) is 7.41. The number of carboxylic acids is 1. The number of carbonyl (C=O) groups excluding carboxylic acids is 1. The Morgan fingerprint density at radius 2 is 2.20 bits per heavy atom. The molecule has 2 aliphatic heterocycles. The molecule has 2 aliphatic rings. The van der Waals surface area contributed by atoms with Gasteiger partial charge in [-0.05, 0) is 11.6 Å². The van der Waals surface area contributed by atoms with Crippen LogP contribution in [0.15, 0.2) is 23.4 Å². The van der Waals surface area contributed by atoms with Crippen LogP contribution in [0.1, 0.15) is 0 Å². The molecule has 0 radical (unpaired) electrons. The minimum atomic E-state index is -1.07. The summed E-state index contributed by atoms with van der Waals surface area (Å²) >= 11 is 1.51. The van der Waals surface area contributed by atoms with Crippen molar-refractivity contribution in [1.82, 2.24) is 4.90 Å². The highest BCUT2D eigenvalue weighted by molar-refractivity contribution is 8.00. The van der Waals surface area contributed by atoms with E-state index in [1.165, 1.54) is 16.7 Å². The van der Waals surface area contributed by atoms with Crippen LogP contribution < -0.4 is 5.73 Å². The molecule has 0 aliphatic carbocycles. The zero-order valence-corrected chi connectivity index (χ0v) is 12.7. The minimum Gasteiger partial charge on any atom is -0.477 e. The average Bonchev–Trinajstić information content (AvgIpc) is 2.35. The standard InChI is InChI=1S/C13H19N3O3S/c1-16(2,3)6-4-5-8-7-20-12-9(14)11(17)15(12)10(8)13(18)19/h4-5,9,12H,6-7,14H2,1-3H3/p+1/b5-4+/t9-,12-/m1/s1. The van der Waals surface area contributed by atoms with Gasteiger partial charge in [-0.15, -0.1) is 11.8 Å². The monoisotopic (exact) mass is 298 g/mol. The molecular formula is C13H20N3O3S+. The normalized spacial score (nSPS) is 26.8. The zero-order chi connectivity index (χ0) is 15.1. The van der Waals surface area contributed by atoms with Crippen molar-refractivity contribution >= 4 is 23.6 Å². The molecule has 20 heavy (non-hydrogen) atoms. The number of nitrogens with zero attached hydrogens (tertiary/aromatic N) is 2. The molecule has 110 valence electrons. The number of amides is 1. The van der Waals surface area contributed by atoms with Crippen molar-refractivity contribution in [1.29, 1.82) is 0 Å². The van der Waals surface area contributed by atoms with Crippen LogP contribution in [0, 0.1) is 0 Å². The number of nitrogens with two attached hydrogens (primary N) is 1. The van der Waals surface area contributed by atoms with Gasteiger partial charge in [0.05, 0.1) is 27.7 Å². The molecule has 2 atom stereocenters. The van der Waals surface area contributed by atoms with Gasteiger partial charge in [-0.3, -0.25) is 9.69 Å². The number of rotatable bonds is 4. The van der Waals surface area contributed by atoms with Gasteiger partial charge >= 0.3 is 5.97 Å². The molecule has 7 heteroatoms. The lowest BCUT2D eigenvalue weighted by molar-refractivity contribution is -0.864. The molecule has 2 rings (SSSR count). The van der Waals surface area contributed by atoms with Crippen LogP contribution in [0.4, 0.5) is 0 Å². The number of carbonyl (C=O) groups is 2. The molecule has 0 unspecified atom stereocenters. The van der Waals surface area contributed by atoms with Crippen molar-refractivity contribution in [3.8, 4) is 0 Å². The Hall–Kier alpha value is -1.31. The summed E-state index contributed by atoms with van der Waals surface area (Å²) in [6, 6.07) is -0.578. The number of allylic oxidation sites excluding steroid dienone is 1. The summed E-state index contributed by atoms with van der Waals surface area (Å²) in [5, 5.41) is 9.12. The average molecular weight is 298 g/mol. The van der Waals surface area contributed by atoms with Crippen molar-refractivity contribution in [2.24, 2.45) is 5.73 Å². The molecule has 0 aromatic rings. The Morgan fingerprint density at radius 1 is 1.55 bits per heavy atom. The van der Waals surface area contributed by atoms with E-state index in [9.17, 15) is 14.7 Å². The van der Waals surface area contributed by atoms with Gasteiger partial charge in [0, 0.05) is 5.75 Å². The summed E-state index contributed by atoms with van der Waals surface area (Å²) in [7, 11) is 6.17. The van der Waals surface area contributed by atoms with E-state index >= 15 is 0 Å². The minimum absolute atomic E-state index is 0.0816. The van der Waals surface area contributed by atoms with Crippen molar-refractivity contribution in [2.75, 3.05) is 33.4 Å². The van der Waals surface area contributed by atoms with Gasteiger partial charge in [-0.25, -0.2) is 4.79 Å². The molecular weight excluding hydrogens is 278 g/mol. The van der Waals surface area contributed by atoms with Crippen LogP contribution in [-0.4, -0.2) is 71.2 Å². The maximum absolute atomic E-state index is 11.8. The van der Waals surface area contributed by atoms with Gasteiger partial charge in [-0.2, -0.15) is 0 Å². The quantitative estimate of drug-likeness (QED) is 0.556. The van der Waals surface area contributed by atoms with Crippen LogP contribution in [0.25, 0.3) is 0 Å². The first kappa shape index (κ1) is 15.1. The summed E-state index contributed by atoms with van der Waals surface area (Å²) in [6.45, 7) is 0.790. The number of likely N-dealkylation sites (N-methyl/N-ethyl adjacent to an activating group) is 1. The largest absolute Gasteiger partial charge is 0.477 e. The fourth-order valence-electron chi connectivity index (χ4n) is 2.18. The van der Waals surface area contributed by atoms with Gasteiger partial charge in [0.15, 0.2) is 0 Å². The van der Waals surface area contributed by atoms with E-state index in [0.717, 1.165) is 11.0 Å². The fraction of sp³-hybridized carbons (Fsp3) is 0.538. The number of hydrogen-bond donors (Lipinski definition) is 2. The second-order valence-corrected chi connectivity index (χ2v) is 7.09. The molecule has 0 aromatic carbocycles. The third-order valence-electron chi connectivity index (χ3n) is 3.21. The lowest BCUT2D eigenvalue weighted by Gasteiger charge is -2.47. The smallest absolute Gasteiger partial charge is 0.352 e. The van der Waals surface area contributed by atoms with E-state index in [1.54, 1.807) is 0 Å². The number of hydrogen-bond acceptors (Lipinski definition) is 4. The van der Waals surface area contributed by atoms with Crippen LogP contribution >= 0.6 is 11.8 Å². The van der Waals surface area contributed by atoms with Gasteiger partial charge < -0.3 is 15.3 Å². The predicted molar refractivity (Wildman–Crippen MR) is 77.8 cm³/mol. The highest BCUT2D eigenvalue weighted by Gasteiger charge is 2.51. The number of fused-ring (bicyclic) bond motifs is 1. The highest BCUT2D eigenvalue weighted by atomic mass is 32.2. The summed E-state index contributed by atoms with van der Waals surface area (Å²) in [5.41, 5.74) is 6.45. The Balaban J connectivity index is 2.25. The molecule has 1 saturated heterocycles. The van der Waals surface area contributed by atoms with Gasteiger partial charge in [-0.1, -0.05) is 6.08 Å².